The van der Waals surface area contributed by atoms with Crippen molar-refractivity contribution in [1.29, 1.82) is 0 Å². The van der Waals surface area contributed by atoms with Crippen LogP contribution < -0.4 is 0 Å². The molecule has 1 spiro atoms. The van der Waals surface area contributed by atoms with E-state index in [-0.39, 0.29) is 24.6 Å². The molecular weight excluding hydrogens is 336 g/mol. The van der Waals surface area contributed by atoms with Gasteiger partial charge in [-0.25, -0.2) is 9.59 Å². The second kappa shape index (κ2) is 6.59. The van der Waals surface area contributed by atoms with Crippen LogP contribution in [0.25, 0.3) is 0 Å². The van der Waals surface area contributed by atoms with Crippen LogP contribution in [0.5, 0.6) is 0 Å². The molecule has 0 aromatic rings. The first-order chi connectivity index (χ1) is 12.1. The Morgan fingerprint density at radius 3 is 2.31 bits per heavy atom. The van der Waals surface area contributed by atoms with Crippen LogP contribution in [0.1, 0.15) is 53.4 Å². The molecule has 3 rings (SSSR count). The van der Waals surface area contributed by atoms with Crippen molar-refractivity contribution in [2.24, 2.45) is 5.41 Å². The lowest BCUT2D eigenvalue weighted by molar-refractivity contribution is -0.148. The first kappa shape index (κ1) is 18.7. The predicted octanol–water partition coefficient (Wildman–Crippen LogP) is 2.46. The molecule has 2 fully saturated rings. The average molecular weight is 364 g/mol. The Kier molecular flexibility index (Phi) is 4.75. The van der Waals surface area contributed by atoms with Gasteiger partial charge < -0.3 is 19.3 Å². The minimum Gasteiger partial charge on any atom is -0.456 e. The highest BCUT2D eigenvalue weighted by molar-refractivity contribution is 5.93. The second-order valence-electron chi connectivity index (χ2n) is 8.46. The molecule has 0 aromatic heterocycles. The minimum atomic E-state index is -0.525. The summed E-state index contributed by atoms with van der Waals surface area (Å²) in [7, 11) is 0. The Hall–Kier alpha value is -2.05. The van der Waals surface area contributed by atoms with Gasteiger partial charge in [0.2, 0.25) is 5.91 Å². The van der Waals surface area contributed by atoms with Gasteiger partial charge >= 0.3 is 12.1 Å². The van der Waals surface area contributed by atoms with Gasteiger partial charge in [0.1, 0.15) is 12.2 Å². The van der Waals surface area contributed by atoms with Crippen molar-refractivity contribution in [3.8, 4) is 0 Å². The summed E-state index contributed by atoms with van der Waals surface area (Å²) in [5.74, 6) is -0.271. The number of cyclic esters (lactones) is 1. The van der Waals surface area contributed by atoms with Crippen LogP contribution in [0.15, 0.2) is 11.3 Å². The summed E-state index contributed by atoms with van der Waals surface area (Å²) in [4.78, 5) is 40.6. The summed E-state index contributed by atoms with van der Waals surface area (Å²) in [6.07, 6.45) is 2.65. The fraction of sp³-hybridized carbons (Fsp3) is 0.737. The third-order valence-electron chi connectivity index (χ3n) is 5.51. The Morgan fingerprint density at radius 1 is 1.12 bits per heavy atom. The number of rotatable bonds is 1. The smallest absolute Gasteiger partial charge is 0.410 e. The van der Waals surface area contributed by atoms with E-state index in [1.807, 2.05) is 20.8 Å². The van der Waals surface area contributed by atoms with Crippen LogP contribution in [0.3, 0.4) is 0 Å². The van der Waals surface area contributed by atoms with Crippen molar-refractivity contribution >= 4 is 18.0 Å². The fourth-order valence-corrected chi connectivity index (χ4v) is 3.98. The molecule has 0 atom stereocenters. The molecule has 0 N–H and O–H groups in total. The summed E-state index contributed by atoms with van der Waals surface area (Å²) < 4.78 is 10.5. The average Bonchev–Trinajstić information content (AvgIpc) is 2.89. The molecule has 3 aliphatic heterocycles. The van der Waals surface area contributed by atoms with E-state index in [9.17, 15) is 14.4 Å². The van der Waals surface area contributed by atoms with Gasteiger partial charge in [0, 0.05) is 19.6 Å². The molecule has 26 heavy (non-hydrogen) atoms. The van der Waals surface area contributed by atoms with E-state index in [1.165, 1.54) is 0 Å². The number of ether oxygens (including phenoxy) is 2. The van der Waals surface area contributed by atoms with Crippen LogP contribution in [0.4, 0.5) is 4.79 Å². The lowest BCUT2D eigenvalue weighted by atomic mass is 9.71. The molecule has 0 aliphatic carbocycles. The molecule has 3 aliphatic rings. The zero-order chi connectivity index (χ0) is 19.1. The van der Waals surface area contributed by atoms with Gasteiger partial charge in [-0.1, -0.05) is 0 Å². The molecular formula is C19H28N2O5. The van der Waals surface area contributed by atoms with Gasteiger partial charge in [0.05, 0.1) is 16.7 Å². The number of hydrogen-bond acceptors (Lipinski definition) is 5. The number of amides is 2. The van der Waals surface area contributed by atoms with Gasteiger partial charge in [-0.2, -0.15) is 0 Å². The normalized spacial score (nSPS) is 23.5. The fourth-order valence-electron chi connectivity index (χ4n) is 3.98. The molecule has 0 bridgehead atoms. The molecule has 144 valence electrons. The van der Waals surface area contributed by atoms with Gasteiger partial charge in [-0.15, -0.1) is 0 Å². The predicted molar refractivity (Wildman–Crippen MR) is 94.1 cm³/mol. The zero-order valence-corrected chi connectivity index (χ0v) is 16.1. The second-order valence-corrected chi connectivity index (χ2v) is 8.46. The number of carbonyl (C=O) groups excluding carboxylic acids is 3. The first-order valence-corrected chi connectivity index (χ1v) is 9.30. The van der Waals surface area contributed by atoms with Crippen molar-refractivity contribution < 1.29 is 23.9 Å². The van der Waals surface area contributed by atoms with Crippen molar-refractivity contribution in [1.82, 2.24) is 9.80 Å². The highest BCUT2D eigenvalue weighted by Gasteiger charge is 2.48. The Bertz CT molecular complexity index is 653. The number of esters is 1. The monoisotopic (exact) mass is 364 g/mol. The standard InChI is InChI=1S/C19H28N2O5/c1-13-14(12-25-15(13)22)21-9-5-6-19(16(21)23)7-10-20(11-8-19)17(24)26-18(2,3)4/h5-12H2,1-4H3. The summed E-state index contributed by atoms with van der Waals surface area (Å²) in [6.45, 7) is 9.09. The van der Waals surface area contributed by atoms with Crippen molar-refractivity contribution in [3.63, 3.8) is 0 Å². The van der Waals surface area contributed by atoms with Crippen LogP contribution in [-0.2, 0) is 19.1 Å². The largest absolute Gasteiger partial charge is 0.456 e. The van der Waals surface area contributed by atoms with Crippen molar-refractivity contribution in [2.45, 2.75) is 59.0 Å². The van der Waals surface area contributed by atoms with Gasteiger partial charge in [-0.05, 0) is 53.4 Å². The molecule has 2 amide bonds. The number of hydrogen-bond donors (Lipinski definition) is 0. The molecule has 0 radical (unpaired) electrons. The SMILES string of the molecule is CC1=C(N2CCCC3(CCN(C(=O)OC(C)(C)C)CC3)C2=O)COC1=O. The molecule has 0 unspecified atom stereocenters. The van der Waals surface area contributed by atoms with Gasteiger partial charge in [0.25, 0.3) is 0 Å². The van der Waals surface area contributed by atoms with Crippen LogP contribution >= 0.6 is 0 Å². The van der Waals surface area contributed by atoms with E-state index in [0.29, 0.717) is 43.7 Å². The van der Waals surface area contributed by atoms with Crippen LogP contribution in [-0.4, -0.2) is 59.6 Å². The van der Waals surface area contributed by atoms with Gasteiger partial charge in [-0.3, -0.25) is 4.79 Å². The lowest BCUT2D eigenvalue weighted by Crippen LogP contribution is -2.54. The topological polar surface area (TPSA) is 76.2 Å². The Balaban J connectivity index is 1.69. The zero-order valence-electron chi connectivity index (χ0n) is 16.1. The van der Waals surface area contributed by atoms with E-state index in [0.717, 1.165) is 12.8 Å². The third kappa shape index (κ3) is 3.44. The molecule has 7 heteroatoms. The van der Waals surface area contributed by atoms with Crippen LogP contribution in [0, 0.1) is 5.41 Å². The number of piperidine rings is 2. The maximum atomic E-state index is 13.2. The molecule has 3 heterocycles. The van der Waals surface area contributed by atoms with Gasteiger partial charge in [0.15, 0.2) is 0 Å². The highest BCUT2D eigenvalue weighted by Crippen LogP contribution is 2.42. The summed E-state index contributed by atoms with van der Waals surface area (Å²) in [5, 5.41) is 0. The van der Waals surface area contributed by atoms with E-state index < -0.39 is 11.0 Å². The minimum absolute atomic E-state index is 0.0697. The third-order valence-corrected chi connectivity index (χ3v) is 5.51. The lowest BCUT2D eigenvalue weighted by Gasteiger charge is -2.46. The van der Waals surface area contributed by atoms with E-state index in [4.69, 9.17) is 9.47 Å². The summed E-state index contributed by atoms with van der Waals surface area (Å²) in [5.41, 5.74) is 0.258. The Labute approximate surface area is 154 Å². The van der Waals surface area contributed by atoms with E-state index in [1.54, 1.807) is 16.7 Å². The molecule has 7 nitrogen and oxygen atoms in total. The maximum absolute atomic E-state index is 13.2. The number of carbonyl (C=O) groups is 3. The molecule has 0 saturated carbocycles. The van der Waals surface area contributed by atoms with Crippen LogP contribution in [0.2, 0.25) is 0 Å². The summed E-state index contributed by atoms with van der Waals surface area (Å²) >= 11 is 0. The van der Waals surface area contributed by atoms with Crippen molar-refractivity contribution in [2.75, 3.05) is 26.2 Å². The summed E-state index contributed by atoms with van der Waals surface area (Å²) in [6, 6.07) is 0. The highest BCUT2D eigenvalue weighted by atomic mass is 16.6. The van der Waals surface area contributed by atoms with E-state index >= 15 is 0 Å². The molecule has 2 saturated heterocycles. The number of likely N-dealkylation sites (tertiary alicyclic amines) is 2. The van der Waals surface area contributed by atoms with E-state index in [2.05, 4.69) is 0 Å². The first-order valence-electron chi connectivity index (χ1n) is 9.30. The quantitative estimate of drug-likeness (QED) is 0.668. The number of nitrogens with zero attached hydrogens (tertiary/aromatic N) is 2. The molecule has 0 aromatic carbocycles. The Morgan fingerprint density at radius 2 is 1.77 bits per heavy atom. The maximum Gasteiger partial charge on any atom is 0.410 e. The van der Waals surface area contributed by atoms with Crippen molar-refractivity contribution in [3.05, 3.63) is 11.3 Å².